The number of hydrogen-bond acceptors (Lipinski definition) is 5. The summed E-state index contributed by atoms with van der Waals surface area (Å²) in [6.45, 7) is 4.04. The average molecular weight is 547 g/mol. The maximum absolute atomic E-state index is 13.6. The van der Waals surface area contributed by atoms with E-state index in [0.29, 0.717) is 38.8 Å². The molecule has 2 aromatic carbocycles. The molecule has 34 heavy (non-hydrogen) atoms. The molecule has 1 aliphatic carbocycles. The molecule has 0 N–H and O–H groups in total. The van der Waals surface area contributed by atoms with Gasteiger partial charge in [-0.3, -0.25) is 4.79 Å². The largest absolute Gasteiger partial charge is 0.493 e. The lowest BCUT2D eigenvalue weighted by Gasteiger charge is -2.23. The normalized spacial score (nSPS) is 15.7. The highest BCUT2D eigenvalue weighted by molar-refractivity contribution is 9.10. The van der Waals surface area contributed by atoms with Crippen LogP contribution in [0.5, 0.6) is 11.5 Å². The van der Waals surface area contributed by atoms with Crippen molar-refractivity contribution in [1.82, 2.24) is 9.66 Å². The maximum Gasteiger partial charge on any atom is 0.282 e. The molecule has 1 saturated carbocycles. The van der Waals surface area contributed by atoms with Gasteiger partial charge in [-0.2, -0.15) is 9.78 Å². The molecule has 0 spiro atoms. The van der Waals surface area contributed by atoms with Crippen LogP contribution in [0.25, 0.3) is 10.9 Å². The Bertz CT molecular complexity index is 1270. The smallest absolute Gasteiger partial charge is 0.282 e. The van der Waals surface area contributed by atoms with Gasteiger partial charge in [0.1, 0.15) is 5.82 Å². The third kappa shape index (κ3) is 5.31. The molecule has 1 aliphatic rings. The molecule has 1 fully saturated rings. The number of halogens is 2. The Morgan fingerprint density at radius 1 is 1.26 bits per heavy atom. The molecule has 8 heteroatoms. The molecule has 3 aromatic rings. The van der Waals surface area contributed by atoms with E-state index in [1.165, 1.54) is 11.1 Å². The zero-order valence-electron chi connectivity index (χ0n) is 19.7. The fourth-order valence-electron chi connectivity index (χ4n) is 4.27. The number of methoxy groups -OCH3 is 1. The number of ether oxygens (including phenoxy) is 2. The highest BCUT2D eigenvalue weighted by Gasteiger charge is 2.23. The minimum absolute atomic E-state index is 0.0255. The second-order valence-electron chi connectivity index (χ2n) is 8.69. The standard InChI is InChI=1S/C26H29BrClN3O3/c1-4-16(2)34-24-18(12-20(28)14-23(24)33-3)15-29-31-25(17-8-6-5-7-9-17)30-22-11-10-19(27)13-21(22)26(31)32/h10-17H,4-9H2,1-3H3/t16-/m1/s1. The fraction of sp³-hybridized carbons (Fsp3) is 0.423. The molecule has 0 aliphatic heterocycles. The minimum Gasteiger partial charge on any atom is -0.493 e. The first-order chi connectivity index (χ1) is 16.4. The molecule has 0 unspecified atom stereocenters. The highest BCUT2D eigenvalue weighted by atomic mass is 79.9. The van der Waals surface area contributed by atoms with Crippen molar-refractivity contribution in [3.8, 4) is 11.5 Å². The second-order valence-corrected chi connectivity index (χ2v) is 10.0. The fourth-order valence-corrected chi connectivity index (χ4v) is 4.85. The van der Waals surface area contributed by atoms with Gasteiger partial charge < -0.3 is 9.47 Å². The van der Waals surface area contributed by atoms with Crippen molar-refractivity contribution in [3.05, 3.63) is 61.6 Å². The predicted molar refractivity (Wildman–Crippen MR) is 141 cm³/mol. The second kappa shape index (κ2) is 10.9. The van der Waals surface area contributed by atoms with Gasteiger partial charge in [-0.1, -0.05) is 53.7 Å². The van der Waals surface area contributed by atoms with Crippen molar-refractivity contribution < 1.29 is 9.47 Å². The van der Waals surface area contributed by atoms with Gasteiger partial charge in [-0.05, 0) is 50.5 Å². The van der Waals surface area contributed by atoms with Gasteiger partial charge in [0.15, 0.2) is 11.5 Å². The summed E-state index contributed by atoms with van der Waals surface area (Å²) < 4.78 is 13.9. The Morgan fingerprint density at radius 3 is 2.74 bits per heavy atom. The van der Waals surface area contributed by atoms with Crippen LogP contribution in [0.4, 0.5) is 0 Å². The van der Waals surface area contributed by atoms with Crippen molar-refractivity contribution in [1.29, 1.82) is 0 Å². The zero-order valence-corrected chi connectivity index (χ0v) is 22.0. The quantitative estimate of drug-likeness (QED) is 0.301. The molecular weight excluding hydrogens is 518 g/mol. The van der Waals surface area contributed by atoms with E-state index in [-0.39, 0.29) is 17.6 Å². The molecule has 0 saturated heterocycles. The lowest BCUT2D eigenvalue weighted by Crippen LogP contribution is -2.25. The van der Waals surface area contributed by atoms with Crippen LogP contribution in [-0.4, -0.2) is 29.1 Å². The molecule has 1 heterocycles. The molecule has 0 amide bonds. The summed E-state index contributed by atoms with van der Waals surface area (Å²) in [6, 6.07) is 9.05. The first-order valence-corrected chi connectivity index (χ1v) is 12.9. The van der Waals surface area contributed by atoms with Gasteiger partial charge in [0, 0.05) is 27.0 Å². The van der Waals surface area contributed by atoms with Crippen molar-refractivity contribution >= 4 is 44.6 Å². The van der Waals surface area contributed by atoms with Gasteiger partial charge in [0.25, 0.3) is 5.56 Å². The van der Waals surface area contributed by atoms with E-state index in [1.54, 1.807) is 31.5 Å². The van der Waals surface area contributed by atoms with E-state index >= 15 is 0 Å². The summed E-state index contributed by atoms with van der Waals surface area (Å²) in [5.41, 5.74) is 1.13. The molecule has 6 nitrogen and oxygen atoms in total. The summed E-state index contributed by atoms with van der Waals surface area (Å²) in [7, 11) is 1.58. The van der Waals surface area contributed by atoms with Gasteiger partial charge in [-0.15, -0.1) is 0 Å². The molecule has 0 radical (unpaired) electrons. The van der Waals surface area contributed by atoms with E-state index in [0.717, 1.165) is 36.6 Å². The minimum atomic E-state index is -0.193. The first-order valence-electron chi connectivity index (χ1n) is 11.7. The van der Waals surface area contributed by atoms with E-state index < -0.39 is 0 Å². The monoisotopic (exact) mass is 545 g/mol. The van der Waals surface area contributed by atoms with Crippen molar-refractivity contribution in [3.63, 3.8) is 0 Å². The van der Waals surface area contributed by atoms with E-state index in [9.17, 15) is 4.79 Å². The van der Waals surface area contributed by atoms with Crippen LogP contribution in [0.2, 0.25) is 5.02 Å². The number of fused-ring (bicyclic) bond motifs is 1. The van der Waals surface area contributed by atoms with Crippen LogP contribution in [0.1, 0.15) is 69.7 Å². The molecule has 4 rings (SSSR count). The number of aromatic nitrogens is 2. The topological polar surface area (TPSA) is 65.7 Å². The SMILES string of the molecule is CC[C@@H](C)Oc1c(C=Nn2c(C3CCCCC3)nc3ccc(Br)cc3c2=O)cc(Cl)cc1OC. The summed E-state index contributed by atoms with van der Waals surface area (Å²) in [5.74, 6) is 1.97. The Kier molecular flexibility index (Phi) is 7.94. The Balaban J connectivity index is 1.87. The number of rotatable bonds is 7. The van der Waals surface area contributed by atoms with Crippen molar-refractivity contribution in [2.24, 2.45) is 5.10 Å². The molecular formula is C26H29BrClN3O3. The van der Waals surface area contributed by atoms with Gasteiger partial charge >= 0.3 is 0 Å². The third-order valence-corrected chi connectivity index (χ3v) is 6.99. The summed E-state index contributed by atoms with van der Waals surface area (Å²) in [4.78, 5) is 18.5. The van der Waals surface area contributed by atoms with Crippen LogP contribution in [0, 0.1) is 0 Å². The zero-order chi connectivity index (χ0) is 24.2. The van der Waals surface area contributed by atoms with Crippen LogP contribution in [0.15, 0.2) is 44.7 Å². The summed E-state index contributed by atoms with van der Waals surface area (Å²) in [5, 5.41) is 5.66. The molecule has 180 valence electrons. The summed E-state index contributed by atoms with van der Waals surface area (Å²) in [6.07, 6.45) is 7.88. The lowest BCUT2D eigenvalue weighted by atomic mass is 9.88. The van der Waals surface area contributed by atoms with Crippen LogP contribution in [0.3, 0.4) is 0 Å². The predicted octanol–water partition coefficient (Wildman–Crippen LogP) is 6.93. The number of hydrogen-bond donors (Lipinski definition) is 0. The average Bonchev–Trinajstić information content (AvgIpc) is 2.85. The highest BCUT2D eigenvalue weighted by Crippen LogP contribution is 2.35. The molecule has 1 aromatic heterocycles. The maximum atomic E-state index is 13.6. The molecule has 1 atom stereocenters. The van der Waals surface area contributed by atoms with E-state index in [2.05, 4.69) is 28.0 Å². The van der Waals surface area contributed by atoms with Gasteiger partial charge in [0.2, 0.25) is 0 Å². The number of nitrogens with zero attached hydrogens (tertiary/aromatic N) is 3. The Hall–Kier alpha value is -2.38. The van der Waals surface area contributed by atoms with Crippen LogP contribution < -0.4 is 15.0 Å². The Labute approximate surface area is 213 Å². The lowest BCUT2D eigenvalue weighted by molar-refractivity contribution is 0.207. The van der Waals surface area contributed by atoms with Crippen LogP contribution in [-0.2, 0) is 0 Å². The summed E-state index contributed by atoms with van der Waals surface area (Å²) >= 11 is 9.81. The van der Waals surface area contributed by atoms with Gasteiger partial charge in [-0.25, -0.2) is 4.98 Å². The first kappa shape index (κ1) is 24.7. The molecule has 0 bridgehead atoms. The van der Waals surface area contributed by atoms with Crippen molar-refractivity contribution in [2.75, 3.05) is 7.11 Å². The third-order valence-electron chi connectivity index (χ3n) is 6.28. The van der Waals surface area contributed by atoms with Crippen LogP contribution >= 0.6 is 27.5 Å². The van der Waals surface area contributed by atoms with E-state index in [1.807, 2.05) is 19.1 Å². The van der Waals surface area contributed by atoms with Crippen molar-refractivity contribution in [2.45, 2.75) is 64.4 Å². The Morgan fingerprint density at radius 2 is 2.03 bits per heavy atom. The van der Waals surface area contributed by atoms with E-state index in [4.69, 9.17) is 26.1 Å². The number of benzene rings is 2. The van der Waals surface area contributed by atoms with Gasteiger partial charge in [0.05, 0.1) is 30.3 Å².